The van der Waals surface area contributed by atoms with Gasteiger partial charge in [0.15, 0.2) is 11.5 Å². The van der Waals surface area contributed by atoms with Crippen molar-refractivity contribution in [2.45, 2.75) is 33.6 Å². The number of ether oxygens (including phenoxy) is 2. The minimum absolute atomic E-state index is 0.199. The quantitative estimate of drug-likeness (QED) is 0.395. The SMILES string of the molecule is CCCCN1C(=O)S/C(=C\c2cc(I)c(OCC)c(OCC)c2)C1=O. The fraction of sp³-hybridized carbons (Fsp3) is 0.444. The summed E-state index contributed by atoms with van der Waals surface area (Å²) in [5.74, 6) is 1.14. The first-order valence-electron chi connectivity index (χ1n) is 8.36. The molecule has 1 aromatic carbocycles. The van der Waals surface area contributed by atoms with Crippen molar-refractivity contribution >= 4 is 51.6 Å². The second kappa shape index (κ2) is 9.47. The van der Waals surface area contributed by atoms with Gasteiger partial charge in [0.1, 0.15) is 0 Å². The molecular weight excluding hydrogens is 453 g/mol. The van der Waals surface area contributed by atoms with Crippen LogP contribution in [0.1, 0.15) is 39.2 Å². The molecule has 5 nitrogen and oxygen atoms in total. The minimum Gasteiger partial charge on any atom is -0.490 e. The lowest BCUT2D eigenvalue weighted by Crippen LogP contribution is -2.29. The van der Waals surface area contributed by atoms with Crippen molar-refractivity contribution in [2.75, 3.05) is 19.8 Å². The van der Waals surface area contributed by atoms with Gasteiger partial charge >= 0.3 is 0 Å². The molecule has 0 bridgehead atoms. The Morgan fingerprint density at radius 1 is 1.16 bits per heavy atom. The van der Waals surface area contributed by atoms with E-state index < -0.39 is 0 Å². The summed E-state index contributed by atoms with van der Waals surface area (Å²) in [4.78, 5) is 26.3. The molecule has 1 aliphatic rings. The molecule has 1 aliphatic heterocycles. The third-order valence-corrected chi connectivity index (χ3v) is 5.24. The molecule has 0 unspecified atom stereocenters. The fourth-order valence-corrected chi connectivity index (χ4v) is 4.03. The number of halogens is 1. The maximum absolute atomic E-state index is 12.4. The maximum atomic E-state index is 12.4. The largest absolute Gasteiger partial charge is 0.490 e. The molecule has 0 N–H and O–H groups in total. The molecule has 7 heteroatoms. The monoisotopic (exact) mass is 475 g/mol. The van der Waals surface area contributed by atoms with Crippen LogP contribution in [-0.2, 0) is 4.79 Å². The van der Waals surface area contributed by atoms with Gasteiger partial charge in [0, 0.05) is 6.54 Å². The third-order valence-electron chi connectivity index (χ3n) is 3.53. The summed E-state index contributed by atoms with van der Waals surface area (Å²) in [6.07, 6.45) is 3.51. The van der Waals surface area contributed by atoms with E-state index >= 15 is 0 Å². The number of hydrogen-bond donors (Lipinski definition) is 0. The van der Waals surface area contributed by atoms with Crippen molar-refractivity contribution < 1.29 is 19.1 Å². The summed E-state index contributed by atoms with van der Waals surface area (Å²) in [5, 5.41) is -0.199. The van der Waals surface area contributed by atoms with Gasteiger partial charge in [-0.15, -0.1) is 0 Å². The smallest absolute Gasteiger partial charge is 0.293 e. The molecule has 1 saturated heterocycles. The second-order valence-electron chi connectivity index (χ2n) is 5.38. The van der Waals surface area contributed by atoms with E-state index in [0.717, 1.165) is 33.7 Å². The van der Waals surface area contributed by atoms with E-state index in [1.807, 2.05) is 32.9 Å². The summed E-state index contributed by atoms with van der Waals surface area (Å²) in [5.41, 5.74) is 0.817. The van der Waals surface area contributed by atoms with Crippen molar-refractivity contribution in [3.05, 3.63) is 26.2 Å². The van der Waals surface area contributed by atoms with Crippen LogP contribution < -0.4 is 9.47 Å². The average Bonchev–Trinajstić information content (AvgIpc) is 2.83. The number of thioether (sulfide) groups is 1. The van der Waals surface area contributed by atoms with Crippen molar-refractivity contribution in [1.29, 1.82) is 0 Å². The van der Waals surface area contributed by atoms with E-state index in [1.165, 1.54) is 4.90 Å². The Hall–Kier alpha value is -1.22. The van der Waals surface area contributed by atoms with Gasteiger partial charge in [-0.05, 0) is 78.4 Å². The van der Waals surface area contributed by atoms with Crippen LogP contribution in [0.25, 0.3) is 6.08 Å². The molecule has 0 atom stereocenters. The molecule has 2 rings (SSSR count). The lowest BCUT2D eigenvalue weighted by atomic mass is 10.2. The van der Waals surface area contributed by atoms with Gasteiger partial charge < -0.3 is 9.47 Å². The summed E-state index contributed by atoms with van der Waals surface area (Å²) in [7, 11) is 0. The number of hydrogen-bond acceptors (Lipinski definition) is 5. The molecule has 0 saturated carbocycles. The Balaban J connectivity index is 2.31. The number of benzene rings is 1. The van der Waals surface area contributed by atoms with Crippen LogP contribution in [0.4, 0.5) is 4.79 Å². The number of amides is 2. The number of unbranched alkanes of at least 4 members (excludes halogenated alkanes) is 1. The van der Waals surface area contributed by atoms with Gasteiger partial charge in [0.25, 0.3) is 11.1 Å². The summed E-state index contributed by atoms with van der Waals surface area (Å²) in [6.45, 7) is 7.41. The van der Waals surface area contributed by atoms with Gasteiger partial charge in [-0.25, -0.2) is 0 Å². The topological polar surface area (TPSA) is 55.8 Å². The Bertz CT molecular complexity index is 690. The predicted molar refractivity (Wildman–Crippen MR) is 109 cm³/mol. The Kier molecular flexibility index (Phi) is 7.61. The first-order chi connectivity index (χ1) is 12.0. The predicted octanol–water partition coefficient (Wildman–Crippen LogP) is 4.93. The average molecular weight is 475 g/mol. The van der Waals surface area contributed by atoms with Crippen molar-refractivity contribution in [1.82, 2.24) is 4.90 Å². The van der Waals surface area contributed by atoms with Crippen LogP contribution in [0.2, 0.25) is 0 Å². The standard InChI is InChI=1S/C18H22INO4S/c1-4-7-8-20-17(21)15(25-18(20)22)11-12-9-13(19)16(24-6-3)14(10-12)23-5-2/h9-11H,4-8H2,1-3H3/b15-11-. The van der Waals surface area contributed by atoms with Gasteiger partial charge in [0.2, 0.25) is 0 Å². The molecule has 0 spiro atoms. The number of carbonyl (C=O) groups excluding carboxylic acids is 2. The van der Waals surface area contributed by atoms with Crippen LogP contribution in [0.15, 0.2) is 17.0 Å². The summed E-state index contributed by atoms with van der Waals surface area (Å²) >= 11 is 3.18. The zero-order valence-corrected chi connectivity index (χ0v) is 17.6. The molecule has 25 heavy (non-hydrogen) atoms. The van der Waals surface area contributed by atoms with E-state index in [2.05, 4.69) is 22.6 Å². The van der Waals surface area contributed by atoms with E-state index in [4.69, 9.17) is 9.47 Å². The van der Waals surface area contributed by atoms with Gasteiger partial charge in [-0.3, -0.25) is 14.5 Å². The molecule has 2 amide bonds. The van der Waals surface area contributed by atoms with Crippen LogP contribution in [0.3, 0.4) is 0 Å². The van der Waals surface area contributed by atoms with E-state index in [1.54, 1.807) is 6.08 Å². The molecular formula is C18H22INO4S. The number of nitrogens with zero attached hydrogens (tertiary/aromatic N) is 1. The first kappa shape index (κ1) is 20.1. The molecule has 0 aliphatic carbocycles. The maximum Gasteiger partial charge on any atom is 0.293 e. The van der Waals surface area contributed by atoms with Crippen LogP contribution in [0.5, 0.6) is 11.5 Å². The van der Waals surface area contributed by atoms with Crippen molar-refractivity contribution in [3.63, 3.8) is 0 Å². The summed E-state index contributed by atoms with van der Waals surface area (Å²) < 4.78 is 12.2. The molecule has 0 aromatic heterocycles. The lowest BCUT2D eigenvalue weighted by Gasteiger charge is -2.14. The molecule has 1 heterocycles. The van der Waals surface area contributed by atoms with Crippen LogP contribution in [0, 0.1) is 3.57 Å². The minimum atomic E-state index is -0.217. The van der Waals surface area contributed by atoms with Crippen molar-refractivity contribution in [2.24, 2.45) is 0 Å². The lowest BCUT2D eigenvalue weighted by molar-refractivity contribution is -0.122. The van der Waals surface area contributed by atoms with Gasteiger partial charge in [0.05, 0.1) is 21.7 Å². The highest BCUT2D eigenvalue weighted by Crippen LogP contribution is 2.37. The molecule has 1 aromatic rings. The van der Waals surface area contributed by atoms with E-state index in [-0.39, 0.29) is 11.1 Å². The Labute approximate surface area is 166 Å². The van der Waals surface area contributed by atoms with Gasteiger partial charge in [-0.1, -0.05) is 13.3 Å². The normalized spacial score (nSPS) is 16.0. The molecule has 0 radical (unpaired) electrons. The number of rotatable bonds is 8. The second-order valence-corrected chi connectivity index (χ2v) is 7.54. The zero-order valence-electron chi connectivity index (χ0n) is 14.6. The van der Waals surface area contributed by atoms with E-state index in [0.29, 0.717) is 36.2 Å². The Morgan fingerprint density at radius 3 is 2.52 bits per heavy atom. The zero-order chi connectivity index (χ0) is 18.4. The number of imide groups is 1. The highest BCUT2D eigenvalue weighted by Gasteiger charge is 2.34. The molecule has 1 fully saturated rings. The van der Waals surface area contributed by atoms with Gasteiger partial charge in [-0.2, -0.15) is 0 Å². The highest BCUT2D eigenvalue weighted by molar-refractivity contribution is 14.1. The van der Waals surface area contributed by atoms with Crippen molar-refractivity contribution in [3.8, 4) is 11.5 Å². The van der Waals surface area contributed by atoms with E-state index in [9.17, 15) is 9.59 Å². The number of carbonyl (C=O) groups is 2. The van der Waals surface area contributed by atoms with Crippen LogP contribution >= 0.6 is 34.4 Å². The fourth-order valence-electron chi connectivity index (χ4n) is 2.38. The Morgan fingerprint density at radius 2 is 1.88 bits per heavy atom. The highest BCUT2D eigenvalue weighted by atomic mass is 127. The first-order valence-corrected chi connectivity index (χ1v) is 10.3. The molecule has 136 valence electrons. The third kappa shape index (κ3) is 4.91. The van der Waals surface area contributed by atoms with Crippen LogP contribution in [-0.4, -0.2) is 35.8 Å². The summed E-state index contributed by atoms with van der Waals surface area (Å²) in [6, 6.07) is 3.77.